The highest BCUT2D eigenvalue weighted by Crippen LogP contribution is 2.20. The van der Waals surface area contributed by atoms with Crippen LogP contribution in [-0.4, -0.2) is 67.4 Å². The highest BCUT2D eigenvalue weighted by Gasteiger charge is 2.23. The molecule has 0 saturated carbocycles. The number of hydrogen-bond acceptors (Lipinski definition) is 3. The van der Waals surface area contributed by atoms with E-state index in [0.717, 1.165) is 81.0 Å². The second-order valence-electron chi connectivity index (χ2n) is 8.50. The van der Waals surface area contributed by atoms with Crippen LogP contribution in [0.1, 0.15) is 44.6 Å². The van der Waals surface area contributed by atoms with Gasteiger partial charge in [-0.2, -0.15) is 0 Å². The Balaban J connectivity index is 1.27. The molecule has 31 heavy (non-hydrogen) atoms. The van der Waals surface area contributed by atoms with Crippen LogP contribution in [0.2, 0.25) is 0 Å². The number of aromatic amines is 1. The summed E-state index contributed by atoms with van der Waals surface area (Å²) in [7, 11) is 0. The number of benzene rings is 1. The number of hydrogen-bond donors (Lipinski definition) is 2. The number of nitrogens with zero attached hydrogens (tertiary/aromatic N) is 2. The summed E-state index contributed by atoms with van der Waals surface area (Å²) in [6.45, 7) is 7.10. The van der Waals surface area contributed by atoms with Crippen LogP contribution in [0.3, 0.4) is 0 Å². The summed E-state index contributed by atoms with van der Waals surface area (Å²) in [5.41, 5.74) is 2.07. The zero-order valence-corrected chi connectivity index (χ0v) is 18.5. The normalized spacial score (nSPS) is 21.0. The molecular formula is C24H35FN4O2. The van der Waals surface area contributed by atoms with Crippen molar-refractivity contribution in [2.45, 2.75) is 57.7 Å². The summed E-state index contributed by atoms with van der Waals surface area (Å²) in [6.07, 6.45) is 8.91. The molecule has 6 nitrogen and oxygen atoms in total. The minimum Gasteiger partial charge on any atom is -0.376 e. The number of H-pyrrole nitrogens is 1. The van der Waals surface area contributed by atoms with Gasteiger partial charge < -0.3 is 24.7 Å². The van der Waals surface area contributed by atoms with Crippen LogP contribution >= 0.6 is 0 Å². The number of guanidine groups is 1. The Morgan fingerprint density at radius 1 is 1.29 bits per heavy atom. The Bertz CT molecular complexity index is 854. The smallest absolute Gasteiger partial charge is 0.193 e. The van der Waals surface area contributed by atoms with E-state index in [1.807, 2.05) is 6.20 Å². The van der Waals surface area contributed by atoms with Crippen LogP contribution in [0.4, 0.5) is 4.39 Å². The summed E-state index contributed by atoms with van der Waals surface area (Å²) >= 11 is 0. The first-order valence-corrected chi connectivity index (χ1v) is 11.7. The number of nitrogens with one attached hydrogen (secondary N) is 2. The van der Waals surface area contributed by atoms with Crippen molar-refractivity contribution in [3.63, 3.8) is 0 Å². The van der Waals surface area contributed by atoms with E-state index < -0.39 is 0 Å². The third-order valence-corrected chi connectivity index (χ3v) is 6.24. The van der Waals surface area contributed by atoms with Gasteiger partial charge in [0.2, 0.25) is 0 Å². The molecule has 0 radical (unpaired) electrons. The van der Waals surface area contributed by atoms with Crippen LogP contribution in [0.5, 0.6) is 0 Å². The second kappa shape index (κ2) is 11.0. The highest BCUT2D eigenvalue weighted by molar-refractivity contribution is 5.83. The van der Waals surface area contributed by atoms with E-state index in [9.17, 15) is 4.39 Å². The second-order valence-corrected chi connectivity index (χ2v) is 8.50. The quantitative estimate of drug-likeness (QED) is 0.517. The van der Waals surface area contributed by atoms with E-state index in [1.165, 1.54) is 18.9 Å². The van der Waals surface area contributed by atoms with E-state index >= 15 is 0 Å². The zero-order chi connectivity index (χ0) is 21.5. The lowest BCUT2D eigenvalue weighted by Gasteiger charge is -2.35. The number of ether oxygens (including phenoxy) is 2. The molecule has 1 aromatic heterocycles. The lowest BCUT2D eigenvalue weighted by Crippen LogP contribution is -2.47. The Hall–Kier alpha value is -2.12. The van der Waals surface area contributed by atoms with Crippen molar-refractivity contribution in [2.75, 3.05) is 39.4 Å². The first kappa shape index (κ1) is 22.1. The first-order chi connectivity index (χ1) is 15.2. The maximum absolute atomic E-state index is 13.6. The summed E-state index contributed by atoms with van der Waals surface area (Å²) < 4.78 is 25.5. The van der Waals surface area contributed by atoms with E-state index in [4.69, 9.17) is 14.5 Å². The molecular weight excluding hydrogens is 395 g/mol. The minimum absolute atomic E-state index is 0.203. The van der Waals surface area contributed by atoms with Gasteiger partial charge in [0.05, 0.1) is 18.8 Å². The predicted octanol–water partition coefficient (Wildman–Crippen LogP) is 3.87. The third-order valence-electron chi connectivity index (χ3n) is 6.24. The van der Waals surface area contributed by atoms with E-state index in [2.05, 4.69) is 22.1 Å². The predicted molar refractivity (Wildman–Crippen MR) is 122 cm³/mol. The van der Waals surface area contributed by atoms with Gasteiger partial charge in [0.15, 0.2) is 5.96 Å². The maximum atomic E-state index is 13.6. The minimum atomic E-state index is -0.203. The van der Waals surface area contributed by atoms with Gasteiger partial charge in [0.1, 0.15) is 5.82 Å². The molecule has 3 heterocycles. The fourth-order valence-electron chi connectivity index (χ4n) is 4.48. The van der Waals surface area contributed by atoms with Crippen LogP contribution < -0.4 is 5.32 Å². The maximum Gasteiger partial charge on any atom is 0.193 e. The monoisotopic (exact) mass is 430 g/mol. The number of likely N-dealkylation sites (tertiary alicyclic amines) is 1. The molecule has 0 spiro atoms. The van der Waals surface area contributed by atoms with Crippen molar-refractivity contribution in [1.29, 1.82) is 0 Å². The van der Waals surface area contributed by atoms with Crippen LogP contribution in [-0.2, 0) is 15.9 Å². The van der Waals surface area contributed by atoms with Gasteiger partial charge in [0, 0.05) is 49.9 Å². The van der Waals surface area contributed by atoms with Crippen molar-refractivity contribution in [3.8, 4) is 0 Å². The standard InChI is InChI=1S/C24H35FN4O2/c1-2-26-24(27-11-8-18-16-28-23-7-6-19(25)15-22(18)23)29-12-9-20(10-13-29)31-17-21-5-3-4-14-30-21/h6-7,15-16,20-21,28H,2-5,8-14,17H2,1H3,(H,26,27). The molecule has 1 atom stereocenters. The molecule has 170 valence electrons. The summed E-state index contributed by atoms with van der Waals surface area (Å²) in [6, 6.07) is 4.87. The van der Waals surface area contributed by atoms with Gasteiger partial charge in [0.25, 0.3) is 0 Å². The van der Waals surface area contributed by atoms with Crippen LogP contribution in [0.15, 0.2) is 29.4 Å². The first-order valence-electron chi connectivity index (χ1n) is 11.7. The molecule has 2 N–H and O–H groups in total. The number of piperidine rings is 1. The van der Waals surface area contributed by atoms with E-state index in [1.54, 1.807) is 12.1 Å². The van der Waals surface area contributed by atoms with E-state index in [-0.39, 0.29) is 11.9 Å². The number of halogens is 1. The Labute approximate surface area is 184 Å². The van der Waals surface area contributed by atoms with Crippen molar-refractivity contribution in [1.82, 2.24) is 15.2 Å². The highest BCUT2D eigenvalue weighted by atomic mass is 19.1. The third kappa shape index (κ3) is 5.98. The number of aromatic nitrogens is 1. The SMILES string of the molecule is CCNC(=NCCc1c[nH]c2ccc(F)cc12)N1CCC(OCC2CCCCO2)CC1. The lowest BCUT2D eigenvalue weighted by atomic mass is 10.1. The van der Waals surface area contributed by atoms with E-state index in [0.29, 0.717) is 12.6 Å². The molecule has 2 aromatic rings. The van der Waals surface area contributed by atoms with Gasteiger partial charge in [-0.3, -0.25) is 4.99 Å². The molecule has 7 heteroatoms. The van der Waals surface area contributed by atoms with Crippen molar-refractivity contribution >= 4 is 16.9 Å². The molecule has 1 unspecified atom stereocenters. The molecule has 1 aromatic carbocycles. The van der Waals surface area contributed by atoms with Crippen molar-refractivity contribution in [2.24, 2.45) is 4.99 Å². The largest absolute Gasteiger partial charge is 0.376 e. The molecule has 0 bridgehead atoms. The average Bonchev–Trinajstić information content (AvgIpc) is 3.20. The molecule has 0 amide bonds. The Kier molecular flexibility index (Phi) is 7.81. The van der Waals surface area contributed by atoms with Crippen LogP contribution in [0.25, 0.3) is 10.9 Å². The summed E-state index contributed by atoms with van der Waals surface area (Å²) in [5, 5.41) is 4.37. The average molecular weight is 431 g/mol. The van der Waals surface area contributed by atoms with Gasteiger partial charge in [-0.05, 0) is 69.2 Å². The molecule has 2 aliphatic heterocycles. The lowest BCUT2D eigenvalue weighted by molar-refractivity contribution is -0.0721. The number of fused-ring (bicyclic) bond motifs is 1. The van der Waals surface area contributed by atoms with Gasteiger partial charge in [-0.1, -0.05) is 0 Å². The van der Waals surface area contributed by atoms with Gasteiger partial charge in [-0.15, -0.1) is 0 Å². The fourth-order valence-corrected chi connectivity index (χ4v) is 4.48. The molecule has 2 saturated heterocycles. The topological polar surface area (TPSA) is 61.9 Å². The molecule has 2 fully saturated rings. The van der Waals surface area contributed by atoms with Gasteiger partial charge >= 0.3 is 0 Å². The molecule has 0 aliphatic carbocycles. The summed E-state index contributed by atoms with van der Waals surface area (Å²) in [5.74, 6) is 0.757. The number of rotatable bonds is 7. The zero-order valence-electron chi connectivity index (χ0n) is 18.5. The summed E-state index contributed by atoms with van der Waals surface area (Å²) in [4.78, 5) is 10.4. The molecule has 4 rings (SSSR count). The number of aliphatic imine (C=N–C) groups is 1. The van der Waals surface area contributed by atoms with Crippen molar-refractivity contribution < 1.29 is 13.9 Å². The molecule has 2 aliphatic rings. The van der Waals surface area contributed by atoms with Crippen molar-refractivity contribution in [3.05, 3.63) is 35.8 Å². The Morgan fingerprint density at radius 3 is 2.94 bits per heavy atom. The van der Waals surface area contributed by atoms with Gasteiger partial charge in [-0.25, -0.2) is 4.39 Å². The Morgan fingerprint density at radius 2 is 2.16 bits per heavy atom. The fraction of sp³-hybridized carbons (Fsp3) is 0.625. The van der Waals surface area contributed by atoms with Crippen LogP contribution in [0, 0.1) is 5.82 Å².